The smallest absolute Gasteiger partial charge is 0.260 e. The molecule has 24 heavy (non-hydrogen) atoms. The maximum absolute atomic E-state index is 12.8. The van der Waals surface area contributed by atoms with E-state index in [-0.39, 0.29) is 5.91 Å². The number of hydrogen-bond donors (Lipinski definition) is 0. The highest BCUT2D eigenvalue weighted by atomic mass is 127. The van der Waals surface area contributed by atoms with Crippen molar-refractivity contribution in [3.63, 3.8) is 0 Å². The van der Waals surface area contributed by atoms with Crippen molar-refractivity contribution in [3.05, 3.63) is 68.3 Å². The molecule has 1 aliphatic heterocycles. The number of aliphatic imine (C=N–C) groups is 1. The Balaban J connectivity index is 1.73. The summed E-state index contributed by atoms with van der Waals surface area (Å²) in [5.74, 6) is 0.881. The lowest BCUT2D eigenvalue weighted by atomic mass is 10.1. The third-order valence-corrected chi connectivity index (χ3v) is 6.02. The molecule has 1 heterocycles. The third kappa shape index (κ3) is 3.83. The van der Waals surface area contributed by atoms with Gasteiger partial charge in [0.15, 0.2) is 5.17 Å². The van der Waals surface area contributed by atoms with Crippen molar-refractivity contribution >= 4 is 45.4 Å². The van der Waals surface area contributed by atoms with Crippen molar-refractivity contribution in [2.24, 2.45) is 4.99 Å². The lowest BCUT2D eigenvalue weighted by Gasteiger charge is -2.19. The van der Waals surface area contributed by atoms with Gasteiger partial charge >= 0.3 is 0 Å². The number of halogens is 1. The summed E-state index contributed by atoms with van der Waals surface area (Å²) in [5.41, 5.74) is 4.59. The molecule has 1 aliphatic rings. The summed E-state index contributed by atoms with van der Waals surface area (Å²) >= 11 is 3.86. The van der Waals surface area contributed by atoms with Crippen LogP contribution in [-0.2, 0) is 5.75 Å². The van der Waals surface area contributed by atoms with Crippen molar-refractivity contribution in [3.8, 4) is 0 Å². The van der Waals surface area contributed by atoms with Gasteiger partial charge < -0.3 is 0 Å². The molecule has 2 aromatic carbocycles. The van der Waals surface area contributed by atoms with E-state index in [1.165, 1.54) is 16.7 Å². The van der Waals surface area contributed by atoms with Crippen LogP contribution in [0.4, 0.5) is 0 Å². The SMILES string of the molecule is Cc1ccc(C)c(CSC2=NCCN2C(=O)c2ccccc2I)c1. The molecule has 0 radical (unpaired) electrons. The molecule has 0 atom stereocenters. The standard InChI is InChI=1S/C19H19IN2OS/c1-13-7-8-14(2)15(11-13)12-24-19-21-9-10-22(19)18(23)16-5-3-4-6-17(16)20/h3-8,11H,9-10,12H2,1-2H3. The molecule has 3 rings (SSSR count). The number of amides is 1. The van der Waals surface area contributed by atoms with Crippen LogP contribution in [0.5, 0.6) is 0 Å². The Kier molecular flexibility index (Phi) is 5.61. The van der Waals surface area contributed by atoms with Crippen molar-refractivity contribution < 1.29 is 4.79 Å². The van der Waals surface area contributed by atoms with E-state index in [2.05, 4.69) is 59.6 Å². The van der Waals surface area contributed by atoms with Gasteiger partial charge in [-0.25, -0.2) is 0 Å². The van der Waals surface area contributed by atoms with Crippen LogP contribution in [0.15, 0.2) is 47.5 Å². The number of benzene rings is 2. The number of hydrogen-bond acceptors (Lipinski definition) is 3. The molecule has 1 amide bonds. The van der Waals surface area contributed by atoms with Crippen LogP contribution in [0.1, 0.15) is 27.0 Å². The van der Waals surface area contributed by atoms with Crippen LogP contribution < -0.4 is 0 Å². The van der Waals surface area contributed by atoms with Gasteiger partial charge in [0.1, 0.15) is 0 Å². The highest BCUT2D eigenvalue weighted by molar-refractivity contribution is 14.1. The van der Waals surface area contributed by atoms with Crippen LogP contribution in [0.2, 0.25) is 0 Å². The molecule has 0 saturated carbocycles. The first-order valence-corrected chi connectivity index (χ1v) is 9.92. The fourth-order valence-electron chi connectivity index (χ4n) is 2.62. The summed E-state index contributed by atoms with van der Waals surface area (Å²) in [6.07, 6.45) is 0. The molecule has 0 N–H and O–H groups in total. The van der Waals surface area contributed by atoms with E-state index in [0.717, 1.165) is 20.1 Å². The van der Waals surface area contributed by atoms with E-state index in [1.807, 2.05) is 29.2 Å². The maximum atomic E-state index is 12.8. The quantitative estimate of drug-likeness (QED) is 0.638. The van der Waals surface area contributed by atoms with Crippen LogP contribution >= 0.6 is 34.4 Å². The van der Waals surface area contributed by atoms with E-state index < -0.39 is 0 Å². The molecule has 3 nitrogen and oxygen atoms in total. The van der Waals surface area contributed by atoms with Crippen molar-refractivity contribution in [2.45, 2.75) is 19.6 Å². The van der Waals surface area contributed by atoms with Gasteiger partial charge in [-0.05, 0) is 59.7 Å². The van der Waals surface area contributed by atoms with Gasteiger partial charge in [0, 0.05) is 15.9 Å². The van der Waals surface area contributed by atoms with Crippen LogP contribution in [-0.4, -0.2) is 29.1 Å². The molecule has 0 aliphatic carbocycles. The van der Waals surface area contributed by atoms with E-state index in [9.17, 15) is 4.79 Å². The Hall–Kier alpha value is -1.34. The molecule has 0 saturated heterocycles. The molecule has 5 heteroatoms. The summed E-state index contributed by atoms with van der Waals surface area (Å²) in [6, 6.07) is 14.2. The molecular formula is C19H19IN2OS. The van der Waals surface area contributed by atoms with E-state index in [1.54, 1.807) is 11.8 Å². The molecule has 0 fully saturated rings. The van der Waals surface area contributed by atoms with Crippen molar-refractivity contribution in [2.75, 3.05) is 13.1 Å². The molecule has 124 valence electrons. The minimum Gasteiger partial charge on any atom is -0.286 e. The third-order valence-electron chi connectivity index (χ3n) is 4.01. The van der Waals surface area contributed by atoms with Gasteiger partial charge in [-0.3, -0.25) is 14.7 Å². The summed E-state index contributed by atoms with van der Waals surface area (Å²) in [5, 5.41) is 0.834. The largest absolute Gasteiger partial charge is 0.286 e. The summed E-state index contributed by atoms with van der Waals surface area (Å²) in [7, 11) is 0. The number of aryl methyl sites for hydroxylation is 2. The first-order chi connectivity index (χ1) is 11.6. The van der Waals surface area contributed by atoms with Gasteiger partial charge in [-0.2, -0.15) is 0 Å². The second-order valence-electron chi connectivity index (χ2n) is 5.82. The Morgan fingerprint density at radius 3 is 2.83 bits per heavy atom. The number of carbonyl (C=O) groups excluding carboxylic acids is 1. The fraction of sp³-hybridized carbons (Fsp3) is 0.263. The first-order valence-electron chi connectivity index (χ1n) is 7.86. The molecule has 2 aromatic rings. The van der Waals surface area contributed by atoms with E-state index >= 15 is 0 Å². The number of nitrogens with zero attached hydrogens (tertiary/aromatic N) is 2. The number of rotatable bonds is 3. The average molecular weight is 450 g/mol. The molecule has 0 spiro atoms. The molecule has 0 unspecified atom stereocenters. The van der Waals surface area contributed by atoms with Gasteiger partial charge in [-0.15, -0.1) is 0 Å². The number of amidine groups is 1. The second-order valence-corrected chi connectivity index (χ2v) is 7.92. The van der Waals surface area contributed by atoms with Gasteiger partial charge in [0.25, 0.3) is 5.91 Å². The minimum absolute atomic E-state index is 0.0460. The van der Waals surface area contributed by atoms with Crippen LogP contribution in [0.25, 0.3) is 0 Å². The minimum atomic E-state index is 0.0460. The zero-order valence-corrected chi connectivity index (χ0v) is 16.7. The van der Waals surface area contributed by atoms with Gasteiger partial charge in [0.2, 0.25) is 0 Å². The summed E-state index contributed by atoms with van der Waals surface area (Å²) in [6.45, 7) is 5.58. The normalized spacial score (nSPS) is 14.0. The Labute approximate surface area is 160 Å². The summed E-state index contributed by atoms with van der Waals surface area (Å²) < 4.78 is 0.978. The predicted molar refractivity (Wildman–Crippen MR) is 110 cm³/mol. The van der Waals surface area contributed by atoms with Gasteiger partial charge in [0.05, 0.1) is 12.1 Å². The summed E-state index contributed by atoms with van der Waals surface area (Å²) in [4.78, 5) is 19.2. The number of thioether (sulfide) groups is 1. The van der Waals surface area contributed by atoms with Crippen LogP contribution in [0, 0.1) is 17.4 Å². The highest BCUT2D eigenvalue weighted by Crippen LogP contribution is 2.24. The number of carbonyl (C=O) groups is 1. The van der Waals surface area contributed by atoms with Gasteiger partial charge in [-0.1, -0.05) is 47.7 Å². The monoisotopic (exact) mass is 450 g/mol. The first kappa shape index (κ1) is 17.5. The van der Waals surface area contributed by atoms with E-state index in [0.29, 0.717) is 13.1 Å². The topological polar surface area (TPSA) is 32.7 Å². The van der Waals surface area contributed by atoms with Crippen molar-refractivity contribution in [1.82, 2.24) is 4.90 Å². The Bertz CT molecular complexity index is 804. The van der Waals surface area contributed by atoms with Crippen molar-refractivity contribution in [1.29, 1.82) is 0 Å². The maximum Gasteiger partial charge on any atom is 0.260 e. The highest BCUT2D eigenvalue weighted by Gasteiger charge is 2.26. The Morgan fingerprint density at radius 2 is 2.04 bits per heavy atom. The molecular weight excluding hydrogens is 431 g/mol. The molecule has 0 aromatic heterocycles. The van der Waals surface area contributed by atoms with E-state index in [4.69, 9.17) is 0 Å². The zero-order valence-electron chi connectivity index (χ0n) is 13.8. The fourth-order valence-corrected chi connectivity index (χ4v) is 4.34. The predicted octanol–water partition coefficient (Wildman–Crippen LogP) is 4.65. The lowest BCUT2D eigenvalue weighted by Crippen LogP contribution is -2.33. The lowest BCUT2D eigenvalue weighted by molar-refractivity contribution is 0.0859. The molecule has 0 bridgehead atoms. The Morgan fingerprint density at radius 1 is 1.25 bits per heavy atom. The second kappa shape index (κ2) is 7.70. The average Bonchev–Trinajstić information content (AvgIpc) is 3.04. The van der Waals surface area contributed by atoms with Crippen LogP contribution in [0.3, 0.4) is 0 Å². The zero-order chi connectivity index (χ0) is 17.1.